The van der Waals surface area contributed by atoms with Gasteiger partial charge in [0.2, 0.25) is 0 Å². The molecule has 2 fully saturated rings. The molecule has 2 aromatic carbocycles. The molecule has 0 aliphatic carbocycles. The fourth-order valence-electron chi connectivity index (χ4n) is 6.00. The van der Waals surface area contributed by atoms with Gasteiger partial charge in [0.05, 0.1) is 18.8 Å². The third kappa shape index (κ3) is 4.96. The number of aliphatic hydroxyl groups excluding tert-OH is 1. The van der Waals surface area contributed by atoms with Crippen molar-refractivity contribution >= 4 is 5.78 Å². The van der Waals surface area contributed by atoms with E-state index in [0.717, 1.165) is 24.8 Å². The molecule has 4 rings (SSSR count). The van der Waals surface area contributed by atoms with E-state index in [-0.39, 0.29) is 36.0 Å². The lowest BCUT2D eigenvalue weighted by molar-refractivity contribution is -0.00841. The molecule has 0 saturated carbocycles. The van der Waals surface area contributed by atoms with Crippen LogP contribution in [0.25, 0.3) is 0 Å². The Kier molecular flexibility index (Phi) is 8.14. The maximum atomic E-state index is 14.8. The SMILES string of the molecule is COCCN1C[C@H](C(=O)c2ccccc2)[C@H](c2cccc(F)c2C)[C@@H](C2(CO)CCCC[N]2)C1. The quantitative estimate of drug-likeness (QED) is 0.600. The highest BCUT2D eigenvalue weighted by molar-refractivity contribution is 5.98. The van der Waals surface area contributed by atoms with Crippen LogP contribution >= 0.6 is 0 Å². The zero-order valence-corrected chi connectivity index (χ0v) is 20.3. The number of carbonyl (C=O) groups excluding carboxylic acids is 1. The van der Waals surface area contributed by atoms with E-state index in [1.54, 1.807) is 20.1 Å². The molecular weight excluding hydrogens is 431 g/mol. The third-order valence-corrected chi connectivity index (χ3v) is 7.86. The van der Waals surface area contributed by atoms with Crippen molar-refractivity contribution in [3.8, 4) is 0 Å². The second kappa shape index (κ2) is 11.1. The summed E-state index contributed by atoms with van der Waals surface area (Å²) in [5, 5.41) is 15.7. The topological polar surface area (TPSA) is 63.9 Å². The van der Waals surface area contributed by atoms with E-state index >= 15 is 0 Å². The van der Waals surface area contributed by atoms with Gasteiger partial charge in [-0.15, -0.1) is 0 Å². The van der Waals surface area contributed by atoms with Gasteiger partial charge in [-0.25, -0.2) is 9.71 Å². The highest BCUT2D eigenvalue weighted by atomic mass is 19.1. The van der Waals surface area contributed by atoms with E-state index in [9.17, 15) is 14.3 Å². The van der Waals surface area contributed by atoms with Crippen molar-refractivity contribution in [3.05, 3.63) is 71.0 Å². The van der Waals surface area contributed by atoms with Crippen molar-refractivity contribution in [3.63, 3.8) is 0 Å². The average molecular weight is 468 g/mol. The minimum Gasteiger partial charge on any atom is -0.394 e. The first-order chi connectivity index (χ1) is 16.5. The van der Waals surface area contributed by atoms with Crippen LogP contribution in [0, 0.1) is 24.6 Å². The molecule has 34 heavy (non-hydrogen) atoms. The van der Waals surface area contributed by atoms with Crippen molar-refractivity contribution in [2.45, 2.75) is 37.6 Å². The van der Waals surface area contributed by atoms with E-state index < -0.39 is 5.54 Å². The fourth-order valence-corrected chi connectivity index (χ4v) is 6.00. The van der Waals surface area contributed by atoms with Crippen LogP contribution in [0.5, 0.6) is 0 Å². The summed E-state index contributed by atoms with van der Waals surface area (Å²) in [6.45, 7) is 4.96. The Morgan fingerprint density at radius 2 is 1.97 bits per heavy atom. The molecule has 6 heteroatoms. The lowest BCUT2D eigenvalue weighted by Gasteiger charge is -2.52. The highest BCUT2D eigenvalue weighted by Crippen LogP contribution is 2.47. The van der Waals surface area contributed by atoms with E-state index in [1.807, 2.05) is 36.4 Å². The normalized spacial score (nSPS) is 28.1. The number of carbonyl (C=O) groups is 1. The first-order valence-electron chi connectivity index (χ1n) is 12.4. The molecule has 183 valence electrons. The molecule has 1 N–H and O–H groups in total. The molecule has 0 spiro atoms. The minimum atomic E-state index is -0.636. The molecule has 0 amide bonds. The lowest BCUT2D eigenvalue weighted by Crippen LogP contribution is -2.62. The van der Waals surface area contributed by atoms with Crippen molar-refractivity contribution in [2.75, 3.05) is 46.5 Å². The monoisotopic (exact) mass is 467 g/mol. The van der Waals surface area contributed by atoms with Crippen molar-refractivity contribution < 1.29 is 19.0 Å². The number of halogens is 1. The van der Waals surface area contributed by atoms with Gasteiger partial charge in [0.25, 0.3) is 0 Å². The number of ether oxygens (including phenoxy) is 1. The Morgan fingerprint density at radius 3 is 2.65 bits per heavy atom. The summed E-state index contributed by atoms with van der Waals surface area (Å²) in [5.41, 5.74) is 1.47. The number of ketones is 1. The molecule has 5 nitrogen and oxygen atoms in total. The van der Waals surface area contributed by atoms with Gasteiger partial charge >= 0.3 is 0 Å². The van der Waals surface area contributed by atoms with Crippen LogP contribution in [0.4, 0.5) is 4.39 Å². The van der Waals surface area contributed by atoms with Gasteiger partial charge in [0.1, 0.15) is 5.82 Å². The van der Waals surface area contributed by atoms with Gasteiger partial charge in [-0.3, -0.25) is 9.69 Å². The molecule has 2 heterocycles. The number of likely N-dealkylation sites (tertiary alicyclic amines) is 1. The fraction of sp³-hybridized carbons (Fsp3) is 0.536. The molecule has 1 radical (unpaired) electrons. The lowest BCUT2D eigenvalue weighted by atomic mass is 9.61. The summed E-state index contributed by atoms with van der Waals surface area (Å²) < 4.78 is 20.1. The van der Waals surface area contributed by atoms with Crippen LogP contribution < -0.4 is 5.32 Å². The summed E-state index contributed by atoms with van der Waals surface area (Å²) in [7, 11) is 1.68. The summed E-state index contributed by atoms with van der Waals surface area (Å²) >= 11 is 0. The molecule has 0 bridgehead atoms. The first kappa shape index (κ1) is 25.0. The van der Waals surface area contributed by atoms with Crippen molar-refractivity contribution in [1.82, 2.24) is 10.2 Å². The number of nitrogens with zero attached hydrogens (tertiary/aromatic N) is 2. The molecule has 2 aromatic rings. The zero-order chi connectivity index (χ0) is 24.1. The number of aliphatic hydroxyl groups is 1. The number of benzene rings is 2. The van der Waals surface area contributed by atoms with Gasteiger partial charge in [-0.2, -0.15) is 0 Å². The second-order valence-corrected chi connectivity index (χ2v) is 9.78. The molecule has 2 aliphatic rings. The molecule has 0 aromatic heterocycles. The number of hydrogen-bond acceptors (Lipinski definition) is 4. The highest BCUT2D eigenvalue weighted by Gasteiger charge is 2.52. The maximum Gasteiger partial charge on any atom is 0.167 e. The van der Waals surface area contributed by atoms with Crippen molar-refractivity contribution in [1.29, 1.82) is 0 Å². The zero-order valence-electron chi connectivity index (χ0n) is 20.3. The van der Waals surface area contributed by atoms with E-state index in [1.165, 1.54) is 6.07 Å². The molecular formula is C28H36FN2O3. The first-order valence-corrected chi connectivity index (χ1v) is 12.4. The minimum absolute atomic E-state index is 0.0604. The van der Waals surface area contributed by atoms with Crippen LogP contribution in [0.1, 0.15) is 46.7 Å². The predicted molar refractivity (Wildman–Crippen MR) is 131 cm³/mol. The number of hydrogen-bond donors (Lipinski definition) is 1. The van der Waals surface area contributed by atoms with Crippen LogP contribution in [0.2, 0.25) is 0 Å². The molecule has 4 atom stereocenters. The Labute approximate surface area is 202 Å². The van der Waals surface area contributed by atoms with Crippen LogP contribution in [0.3, 0.4) is 0 Å². The Balaban J connectivity index is 1.84. The van der Waals surface area contributed by atoms with E-state index in [4.69, 9.17) is 10.1 Å². The summed E-state index contributed by atoms with van der Waals surface area (Å²) in [5.74, 6) is -0.926. The van der Waals surface area contributed by atoms with Gasteiger partial charge in [-0.1, -0.05) is 48.9 Å². The van der Waals surface area contributed by atoms with Crippen LogP contribution in [-0.2, 0) is 4.74 Å². The Morgan fingerprint density at radius 1 is 1.18 bits per heavy atom. The summed E-state index contributed by atoms with van der Waals surface area (Å²) in [4.78, 5) is 16.2. The number of methoxy groups -OCH3 is 1. The van der Waals surface area contributed by atoms with Crippen molar-refractivity contribution in [2.24, 2.45) is 11.8 Å². The smallest absolute Gasteiger partial charge is 0.167 e. The molecule has 2 aliphatic heterocycles. The second-order valence-electron chi connectivity index (χ2n) is 9.78. The summed E-state index contributed by atoms with van der Waals surface area (Å²) in [6.07, 6.45) is 2.78. The third-order valence-electron chi connectivity index (χ3n) is 7.86. The number of piperidine rings is 2. The van der Waals surface area contributed by atoms with Gasteiger partial charge in [0, 0.05) is 56.6 Å². The molecule has 2 saturated heterocycles. The predicted octanol–water partition coefficient (Wildman–Crippen LogP) is 3.81. The summed E-state index contributed by atoms with van der Waals surface area (Å²) in [6, 6.07) is 14.5. The van der Waals surface area contributed by atoms with Gasteiger partial charge in [0.15, 0.2) is 5.78 Å². The maximum absolute atomic E-state index is 14.8. The number of Topliss-reactive ketones (excluding diaryl/α,β-unsaturated/α-hetero) is 1. The largest absolute Gasteiger partial charge is 0.394 e. The average Bonchev–Trinajstić information content (AvgIpc) is 2.89. The van der Waals surface area contributed by atoms with Crippen LogP contribution in [0.15, 0.2) is 48.5 Å². The Hall–Kier alpha value is -2.12. The van der Waals surface area contributed by atoms with Gasteiger partial charge < -0.3 is 9.84 Å². The number of rotatable bonds is 8. The Bertz CT molecular complexity index is 961. The van der Waals surface area contributed by atoms with Crippen LogP contribution in [-0.4, -0.2) is 67.8 Å². The van der Waals surface area contributed by atoms with Gasteiger partial charge in [-0.05, 0) is 37.0 Å². The van der Waals surface area contributed by atoms with E-state index in [0.29, 0.717) is 43.9 Å². The van der Waals surface area contributed by atoms with E-state index in [2.05, 4.69) is 4.90 Å². The molecule has 1 unspecified atom stereocenters. The standard InChI is InChI=1S/C28H36FN2O3/c1-20-22(11-8-12-25(20)29)26-23(27(33)21-9-4-3-5-10-21)17-31(15-16-34-2)18-24(26)28(19-32)13-6-7-14-30-28/h3-5,8-12,23-24,26,32H,6-7,13-19H2,1-2H3/t23-,24-,26-,28?/m0/s1.